The molecule has 2 heterocycles. The smallest absolute Gasteiger partial charge is 0.145 e. The van der Waals surface area contributed by atoms with E-state index >= 15 is 0 Å². The Bertz CT molecular complexity index is 534. The fourth-order valence-electron chi connectivity index (χ4n) is 1.67. The van der Waals surface area contributed by atoms with Crippen LogP contribution in [0.5, 0.6) is 5.75 Å². The molecule has 0 amide bonds. The Morgan fingerprint density at radius 2 is 2.26 bits per heavy atom. The third-order valence-electron chi connectivity index (χ3n) is 3.07. The molecule has 1 aliphatic carbocycles. The summed E-state index contributed by atoms with van der Waals surface area (Å²) < 4.78 is 10.2. The van der Waals surface area contributed by atoms with Gasteiger partial charge in [-0.25, -0.2) is 4.63 Å². The minimum atomic E-state index is 0.344. The second-order valence-corrected chi connectivity index (χ2v) is 4.73. The lowest BCUT2D eigenvalue weighted by atomic mass is 10.3. The van der Waals surface area contributed by atoms with Crippen LogP contribution in [-0.4, -0.2) is 21.3 Å². The highest BCUT2D eigenvalue weighted by Gasteiger charge is 2.20. The van der Waals surface area contributed by atoms with Crippen LogP contribution in [-0.2, 0) is 13.2 Å². The van der Waals surface area contributed by atoms with Crippen molar-refractivity contribution in [1.82, 2.24) is 20.6 Å². The molecule has 2 aromatic rings. The normalized spacial score (nSPS) is 14.6. The first-order valence-electron chi connectivity index (χ1n) is 6.40. The fraction of sp³-hybridized carbons (Fsp3) is 0.462. The summed E-state index contributed by atoms with van der Waals surface area (Å²) in [5.74, 6) is 0.720. The molecule has 0 spiro atoms. The number of pyridine rings is 1. The Morgan fingerprint density at radius 3 is 2.89 bits per heavy atom. The van der Waals surface area contributed by atoms with Crippen molar-refractivity contribution in [2.24, 2.45) is 0 Å². The van der Waals surface area contributed by atoms with Gasteiger partial charge in [-0.2, -0.15) is 0 Å². The van der Waals surface area contributed by atoms with Crippen molar-refractivity contribution in [2.75, 3.05) is 0 Å². The Morgan fingerprint density at radius 1 is 1.37 bits per heavy atom. The summed E-state index contributed by atoms with van der Waals surface area (Å²) in [4.78, 5) is 4.35. The summed E-state index contributed by atoms with van der Waals surface area (Å²) in [5, 5.41) is 10.9. The second kappa shape index (κ2) is 5.36. The minimum absolute atomic E-state index is 0.344. The predicted molar refractivity (Wildman–Crippen MR) is 67.5 cm³/mol. The number of rotatable bonds is 6. The zero-order valence-electron chi connectivity index (χ0n) is 10.8. The zero-order valence-corrected chi connectivity index (χ0v) is 10.8. The van der Waals surface area contributed by atoms with Crippen LogP contribution >= 0.6 is 0 Å². The van der Waals surface area contributed by atoms with Gasteiger partial charge in [0.1, 0.15) is 23.7 Å². The number of aromatic nitrogens is 3. The van der Waals surface area contributed by atoms with Gasteiger partial charge in [0.2, 0.25) is 0 Å². The summed E-state index contributed by atoms with van der Waals surface area (Å²) >= 11 is 0. The molecule has 6 heteroatoms. The van der Waals surface area contributed by atoms with Crippen LogP contribution in [0.2, 0.25) is 0 Å². The second-order valence-electron chi connectivity index (χ2n) is 4.73. The van der Waals surface area contributed by atoms with Crippen molar-refractivity contribution >= 4 is 0 Å². The topological polar surface area (TPSA) is 73.1 Å². The molecular formula is C13H16N4O2. The molecule has 6 nitrogen and oxygen atoms in total. The maximum Gasteiger partial charge on any atom is 0.145 e. The van der Waals surface area contributed by atoms with Crippen molar-refractivity contribution in [3.8, 4) is 5.75 Å². The van der Waals surface area contributed by atoms with Crippen molar-refractivity contribution in [1.29, 1.82) is 0 Å². The number of ether oxygens (including phenoxy) is 1. The van der Waals surface area contributed by atoms with Crippen molar-refractivity contribution < 1.29 is 9.37 Å². The number of hydrogen-bond donors (Lipinski definition) is 1. The number of nitrogens with one attached hydrogen (secondary N) is 1. The van der Waals surface area contributed by atoms with Gasteiger partial charge in [0, 0.05) is 12.6 Å². The Labute approximate surface area is 111 Å². The van der Waals surface area contributed by atoms with E-state index in [0.717, 1.165) is 23.7 Å². The third kappa shape index (κ3) is 3.29. The van der Waals surface area contributed by atoms with E-state index in [4.69, 9.17) is 4.74 Å². The van der Waals surface area contributed by atoms with Gasteiger partial charge in [0.15, 0.2) is 0 Å². The lowest BCUT2D eigenvalue weighted by Crippen LogP contribution is -2.16. The quantitative estimate of drug-likeness (QED) is 0.850. The van der Waals surface area contributed by atoms with Crippen LogP contribution < -0.4 is 10.1 Å². The molecule has 2 aromatic heterocycles. The fourth-order valence-corrected chi connectivity index (χ4v) is 1.67. The molecule has 0 atom stereocenters. The van der Waals surface area contributed by atoms with Gasteiger partial charge in [0.25, 0.3) is 0 Å². The van der Waals surface area contributed by atoms with Crippen molar-refractivity contribution in [3.05, 3.63) is 35.4 Å². The van der Waals surface area contributed by atoms with Crippen LogP contribution in [0.1, 0.15) is 29.9 Å². The molecule has 1 saturated carbocycles. The van der Waals surface area contributed by atoms with Crippen molar-refractivity contribution in [3.63, 3.8) is 0 Å². The van der Waals surface area contributed by atoms with E-state index < -0.39 is 0 Å². The zero-order chi connectivity index (χ0) is 13.1. The van der Waals surface area contributed by atoms with Crippen LogP contribution in [0.25, 0.3) is 0 Å². The van der Waals surface area contributed by atoms with Gasteiger partial charge < -0.3 is 10.1 Å². The molecule has 3 rings (SSSR count). The maximum absolute atomic E-state index is 5.58. The first kappa shape index (κ1) is 12.1. The summed E-state index contributed by atoms with van der Waals surface area (Å²) in [7, 11) is 0. The molecule has 0 bridgehead atoms. The minimum Gasteiger partial charge on any atom is -0.485 e. The summed E-state index contributed by atoms with van der Waals surface area (Å²) in [5.41, 5.74) is 2.48. The molecule has 0 radical (unpaired) electrons. The highest BCUT2D eigenvalue weighted by Crippen LogP contribution is 2.19. The molecule has 0 unspecified atom stereocenters. The predicted octanol–water partition coefficient (Wildman–Crippen LogP) is 1.60. The number of aryl methyl sites for hydroxylation is 1. The average molecular weight is 260 g/mol. The van der Waals surface area contributed by atoms with E-state index in [9.17, 15) is 0 Å². The van der Waals surface area contributed by atoms with E-state index in [1.807, 2.05) is 19.1 Å². The van der Waals surface area contributed by atoms with E-state index in [2.05, 4.69) is 25.2 Å². The highest BCUT2D eigenvalue weighted by atomic mass is 16.6. The molecule has 0 aliphatic heterocycles. The van der Waals surface area contributed by atoms with Gasteiger partial charge in [-0.1, -0.05) is 10.3 Å². The Hall–Kier alpha value is -1.95. The number of nitrogens with zero attached hydrogens (tertiary/aromatic N) is 3. The standard InChI is InChI=1S/C13H16N4O2/c1-9-13(17-19-16-9)8-18-12-5-4-11(15-7-12)6-14-10-2-3-10/h4-5,7,10,14H,2-3,6,8H2,1H3. The largest absolute Gasteiger partial charge is 0.485 e. The molecule has 0 aromatic carbocycles. The number of hydrogen-bond acceptors (Lipinski definition) is 6. The van der Waals surface area contributed by atoms with E-state index in [0.29, 0.717) is 18.3 Å². The van der Waals surface area contributed by atoms with E-state index in [1.165, 1.54) is 12.8 Å². The lowest BCUT2D eigenvalue weighted by molar-refractivity contribution is 0.269. The monoisotopic (exact) mass is 260 g/mol. The molecule has 1 N–H and O–H groups in total. The van der Waals surface area contributed by atoms with Gasteiger partial charge in [-0.05, 0) is 31.9 Å². The molecule has 1 fully saturated rings. The Kier molecular flexibility index (Phi) is 3.41. The molecule has 19 heavy (non-hydrogen) atoms. The third-order valence-corrected chi connectivity index (χ3v) is 3.07. The van der Waals surface area contributed by atoms with Gasteiger partial charge >= 0.3 is 0 Å². The molecule has 0 saturated heterocycles. The first-order valence-corrected chi connectivity index (χ1v) is 6.40. The van der Waals surface area contributed by atoms with Crippen LogP contribution in [0.15, 0.2) is 23.0 Å². The van der Waals surface area contributed by atoms with E-state index in [-0.39, 0.29) is 0 Å². The first-order chi connectivity index (χ1) is 9.31. The maximum atomic E-state index is 5.58. The summed E-state index contributed by atoms with van der Waals surface area (Å²) in [6.07, 6.45) is 4.30. The summed E-state index contributed by atoms with van der Waals surface area (Å²) in [6, 6.07) is 4.58. The van der Waals surface area contributed by atoms with Gasteiger partial charge in [-0.3, -0.25) is 4.98 Å². The summed E-state index contributed by atoms with van der Waals surface area (Å²) in [6.45, 7) is 2.99. The van der Waals surface area contributed by atoms with Crippen LogP contribution in [0.3, 0.4) is 0 Å². The van der Waals surface area contributed by atoms with Crippen LogP contribution in [0.4, 0.5) is 0 Å². The van der Waals surface area contributed by atoms with Gasteiger partial charge in [0.05, 0.1) is 11.9 Å². The highest BCUT2D eigenvalue weighted by molar-refractivity contribution is 5.20. The van der Waals surface area contributed by atoms with Gasteiger partial charge in [-0.15, -0.1) is 0 Å². The Balaban J connectivity index is 1.52. The van der Waals surface area contributed by atoms with Crippen molar-refractivity contribution in [2.45, 2.75) is 39.0 Å². The lowest BCUT2D eigenvalue weighted by Gasteiger charge is -2.05. The molecular weight excluding hydrogens is 244 g/mol. The van der Waals surface area contributed by atoms with E-state index in [1.54, 1.807) is 6.20 Å². The SMILES string of the molecule is Cc1nonc1COc1ccc(CNC2CC2)nc1. The molecule has 1 aliphatic rings. The molecule has 100 valence electrons. The average Bonchev–Trinajstić information content (AvgIpc) is 3.18. The van der Waals surface area contributed by atoms with Crippen LogP contribution in [0, 0.1) is 6.92 Å².